The maximum absolute atomic E-state index is 13.5. The fourth-order valence-corrected chi connectivity index (χ4v) is 2.93. The molecule has 0 fully saturated rings. The van der Waals surface area contributed by atoms with E-state index >= 15 is 0 Å². The molecular weight excluding hydrogens is 298 g/mol. The van der Waals surface area contributed by atoms with E-state index in [2.05, 4.69) is 4.72 Å². The van der Waals surface area contributed by atoms with Gasteiger partial charge in [-0.05, 0) is 29.8 Å². The van der Waals surface area contributed by atoms with Gasteiger partial charge in [0.1, 0.15) is 11.6 Å². The molecule has 0 saturated carbocycles. The number of hydrogen-bond acceptors (Lipinski definition) is 3. The molecule has 0 atom stereocenters. The number of hydrogen-bond donors (Lipinski definition) is 1. The molecule has 108 valence electrons. The molecule has 0 aromatic heterocycles. The van der Waals surface area contributed by atoms with Crippen molar-refractivity contribution in [2.45, 2.75) is 11.3 Å². The number of benzene rings is 2. The van der Waals surface area contributed by atoms with Crippen molar-refractivity contribution < 1.29 is 17.2 Å². The van der Waals surface area contributed by atoms with Crippen LogP contribution >= 0.6 is 0 Å². The molecule has 0 unspecified atom stereocenters. The Hall–Kier alpha value is -2.46. The normalized spacial score (nSPS) is 10.9. The number of sulfonamides is 1. The minimum atomic E-state index is -4.36. The first-order valence-corrected chi connectivity index (χ1v) is 7.35. The third-order valence-electron chi connectivity index (χ3n) is 2.68. The van der Waals surface area contributed by atoms with Crippen molar-refractivity contribution in [1.82, 2.24) is 0 Å². The van der Waals surface area contributed by atoms with Crippen LogP contribution in [0.25, 0.3) is 0 Å². The second-order valence-corrected chi connectivity index (χ2v) is 5.81. The number of anilines is 1. The predicted octanol–water partition coefficient (Wildman–Crippen LogP) is 2.83. The lowest BCUT2D eigenvalue weighted by molar-refractivity contribution is 0.521. The zero-order valence-corrected chi connectivity index (χ0v) is 11.5. The van der Waals surface area contributed by atoms with E-state index in [0.717, 1.165) is 18.2 Å². The third-order valence-corrected chi connectivity index (χ3v) is 4.11. The van der Waals surface area contributed by atoms with Gasteiger partial charge in [-0.3, -0.25) is 4.72 Å². The Labute approximate surface area is 120 Å². The van der Waals surface area contributed by atoms with Crippen LogP contribution < -0.4 is 4.72 Å². The zero-order chi connectivity index (χ0) is 15.5. The maximum atomic E-state index is 13.5. The van der Waals surface area contributed by atoms with Crippen LogP contribution in [0, 0.1) is 23.0 Å². The van der Waals surface area contributed by atoms with Crippen molar-refractivity contribution in [2.75, 3.05) is 4.72 Å². The summed E-state index contributed by atoms with van der Waals surface area (Å²) in [5.74, 6) is -2.33. The summed E-state index contributed by atoms with van der Waals surface area (Å²) in [6.45, 7) is 0. The largest absolute Gasteiger partial charge is 0.279 e. The summed E-state index contributed by atoms with van der Waals surface area (Å²) in [5.41, 5.74) is 0.858. The molecule has 0 amide bonds. The number of nitriles is 1. The van der Waals surface area contributed by atoms with Crippen molar-refractivity contribution >= 4 is 15.7 Å². The highest BCUT2D eigenvalue weighted by atomic mass is 32.2. The lowest BCUT2D eigenvalue weighted by Crippen LogP contribution is -2.16. The van der Waals surface area contributed by atoms with E-state index in [9.17, 15) is 17.2 Å². The smallest absolute Gasteiger partial charge is 0.267 e. The van der Waals surface area contributed by atoms with Crippen LogP contribution in [-0.4, -0.2) is 8.42 Å². The van der Waals surface area contributed by atoms with Crippen molar-refractivity contribution in [1.29, 1.82) is 5.26 Å². The molecule has 7 heteroatoms. The quantitative estimate of drug-likeness (QED) is 0.944. The van der Waals surface area contributed by atoms with E-state index in [0.29, 0.717) is 5.56 Å². The lowest BCUT2D eigenvalue weighted by Gasteiger charge is -2.10. The second-order valence-electron chi connectivity index (χ2n) is 4.19. The Kier molecular flexibility index (Phi) is 4.19. The Morgan fingerprint density at radius 3 is 2.14 bits per heavy atom. The number of rotatable bonds is 4. The molecule has 21 heavy (non-hydrogen) atoms. The molecule has 0 aliphatic carbocycles. The molecule has 0 spiro atoms. The number of nitrogens with zero attached hydrogens (tertiary/aromatic N) is 1. The molecule has 1 N–H and O–H groups in total. The molecule has 0 bridgehead atoms. The van der Waals surface area contributed by atoms with Gasteiger partial charge in [-0.15, -0.1) is 0 Å². The summed E-state index contributed by atoms with van der Waals surface area (Å²) >= 11 is 0. The standard InChI is InChI=1S/C14H10F2N2O2S/c15-12-2-1-3-13(16)14(12)21(19,20)18-11-6-4-10(5-7-11)8-9-17/h1-7,18H,8H2. The van der Waals surface area contributed by atoms with Gasteiger partial charge in [-0.1, -0.05) is 18.2 Å². The molecule has 4 nitrogen and oxygen atoms in total. The van der Waals surface area contributed by atoms with Crippen LogP contribution in [0.15, 0.2) is 47.4 Å². The molecule has 2 rings (SSSR count). The average molecular weight is 308 g/mol. The van der Waals surface area contributed by atoms with Gasteiger partial charge in [0.25, 0.3) is 10.0 Å². The highest BCUT2D eigenvalue weighted by Gasteiger charge is 2.23. The first-order valence-electron chi connectivity index (χ1n) is 5.87. The summed E-state index contributed by atoms with van der Waals surface area (Å²) in [4.78, 5) is -1.02. The molecule has 0 saturated heterocycles. The lowest BCUT2D eigenvalue weighted by atomic mass is 10.1. The molecule has 0 aliphatic rings. The van der Waals surface area contributed by atoms with E-state index in [-0.39, 0.29) is 12.1 Å². The van der Waals surface area contributed by atoms with Crippen molar-refractivity contribution in [3.05, 3.63) is 59.7 Å². The predicted molar refractivity (Wildman–Crippen MR) is 72.9 cm³/mol. The van der Waals surface area contributed by atoms with Gasteiger partial charge in [0.05, 0.1) is 12.5 Å². The van der Waals surface area contributed by atoms with Gasteiger partial charge in [-0.25, -0.2) is 17.2 Å². The Balaban J connectivity index is 2.32. The van der Waals surface area contributed by atoms with E-state index < -0.39 is 26.6 Å². The molecule has 2 aromatic rings. The fraction of sp³-hybridized carbons (Fsp3) is 0.0714. The van der Waals surface area contributed by atoms with Gasteiger partial charge in [0.15, 0.2) is 4.90 Å². The zero-order valence-electron chi connectivity index (χ0n) is 10.7. The average Bonchev–Trinajstić information content (AvgIpc) is 2.40. The fourth-order valence-electron chi connectivity index (χ4n) is 1.73. The van der Waals surface area contributed by atoms with Crippen molar-refractivity contribution in [3.63, 3.8) is 0 Å². The number of halogens is 2. The third kappa shape index (κ3) is 3.35. The van der Waals surface area contributed by atoms with Gasteiger partial charge in [-0.2, -0.15) is 5.26 Å². The number of nitrogens with one attached hydrogen (secondary N) is 1. The summed E-state index contributed by atoms with van der Waals surface area (Å²) in [6, 6.07) is 10.7. The van der Waals surface area contributed by atoms with Crippen LogP contribution in [0.2, 0.25) is 0 Å². The van der Waals surface area contributed by atoms with E-state index in [1.54, 1.807) is 12.1 Å². The van der Waals surface area contributed by atoms with Crippen LogP contribution in [0.5, 0.6) is 0 Å². The summed E-state index contributed by atoms with van der Waals surface area (Å²) in [7, 11) is -4.36. The van der Waals surface area contributed by atoms with Gasteiger partial charge < -0.3 is 0 Å². The summed E-state index contributed by atoms with van der Waals surface area (Å²) in [6.07, 6.45) is 0.189. The highest BCUT2D eigenvalue weighted by molar-refractivity contribution is 7.92. The highest BCUT2D eigenvalue weighted by Crippen LogP contribution is 2.22. The maximum Gasteiger partial charge on any atom is 0.267 e. The van der Waals surface area contributed by atoms with E-state index in [1.807, 2.05) is 6.07 Å². The summed E-state index contributed by atoms with van der Waals surface area (Å²) in [5, 5.41) is 8.54. The first-order chi connectivity index (χ1) is 9.94. The van der Waals surface area contributed by atoms with Gasteiger partial charge in [0, 0.05) is 5.69 Å². The Bertz CT molecular complexity index is 776. The van der Waals surface area contributed by atoms with Crippen LogP contribution in [-0.2, 0) is 16.4 Å². The molecule has 0 heterocycles. The van der Waals surface area contributed by atoms with Crippen LogP contribution in [0.4, 0.5) is 14.5 Å². The molecule has 2 aromatic carbocycles. The minimum Gasteiger partial charge on any atom is -0.279 e. The Morgan fingerprint density at radius 1 is 1.05 bits per heavy atom. The van der Waals surface area contributed by atoms with Crippen LogP contribution in [0.3, 0.4) is 0 Å². The van der Waals surface area contributed by atoms with Crippen LogP contribution in [0.1, 0.15) is 5.56 Å². The summed E-state index contributed by atoms with van der Waals surface area (Å²) < 4.78 is 53.2. The van der Waals surface area contributed by atoms with Crippen molar-refractivity contribution in [2.24, 2.45) is 0 Å². The van der Waals surface area contributed by atoms with Gasteiger partial charge >= 0.3 is 0 Å². The van der Waals surface area contributed by atoms with E-state index in [1.165, 1.54) is 12.1 Å². The Morgan fingerprint density at radius 2 is 1.62 bits per heavy atom. The SMILES string of the molecule is N#CCc1ccc(NS(=O)(=O)c2c(F)cccc2F)cc1. The van der Waals surface area contributed by atoms with Crippen molar-refractivity contribution in [3.8, 4) is 6.07 Å². The first kappa shape index (κ1) is 14.9. The second kappa shape index (κ2) is 5.89. The molecular formula is C14H10F2N2O2S. The molecule has 0 radical (unpaired) electrons. The van der Waals surface area contributed by atoms with E-state index in [4.69, 9.17) is 5.26 Å². The monoisotopic (exact) mass is 308 g/mol. The van der Waals surface area contributed by atoms with Gasteiger partial charge in [0.2, 0.25) is 0 Å². The topological polar surface area (TPSA) is 70.0 Å². The molecule has 0 aliphatic heterocycles. The minimum absolute atomic E-state index is 0.152.